The first-order chi connectivity index (χ1) is 16.0. The molecule has 0 atom stereocenters. The first-order valence-electron chi connectivity index (χ1n) is 9.25. The number of anilines is 1. The number of carbonyl (C=O) groups is 2. The van der Waals surface area contributed by atoms with Crippen LogP contribution in [-0.2, 0) is 7.05 Å². The maximum Gasteiger partial charge on any atom is 0.362 e. The number of nitrogens with two attached hydrogens (primary N) is 1. The van der Waals surface area contributed by atoms with Gasteiger partial charge < -0.3 is 21.2 Å². The van der Waals surface area contributed by atoms with E-state index in [-0.39, 0.29) is 26.3 Å². The van der Waals surface area contributed by atoms with Crippen LogP contribution in [0.3, 0.4) is 0 Å². The standard InChI is InChI=1S/C18H13ClF2N8O4S/c1-5-7(4-28(2)27-5)6-3-8(14(20)21)23-18-9(6)11(13(34-18)15(22)30)24-17(31)12-10(19)16(26-25-12)29(32)33/h3-4,14H,1-2H3,(H2,22,30)(H,24,31)(H,25,26). The highest BCUT2D eigenvalue weighted by Crippen LogP contribution is 2.43. The quantitative estimate of drug-likeness (QED) is 0.262. The van der Waals surface area contributed by atoms with Gasteiger partial charge in [0.05, 0.1) is 11.4 Å². The second-order valence-corrected chi connectivity index (χ2v) is 8.37. The number of fused-ring (bicyclic) bond motifs is 1. The molecule has 0 radical (unpaired) electrons. The molecule has 176 valence electrons. The summed E-state index contributed by atoms with van der Waals surface area (Å²) >= 11 is 6.60. The smallest absolute Gasteiger partial charge is 0.362 e. The van der Waals surface area contributed by atoms with Gasteiger partial charge in [0.25, 0.3) is 18.2 Å². The number of amides is 2. The van der Waals surface area contributed by atoms with E-state index < -0.39 is 45.4 Å². The fraction of sp³-hybridized carbons (Fsp3) is 0.167. The summed E-state index contributed by atoms with van der Waals surface area (Å²) in [5.41, 5.74) is 5.46. The summed E-state index contributed by atoms with van der Waals surface area (Å²) in [6.45, 7) is 1.66. The molecule has 0 saturated heterocycles. The number of nitrogens with zero attached hydrogens (tertiary/aromatic N) is 5. The number of nitrogens with one attached hydrogen (secondary N) is 2. The van der Waals surface area contributed by atoms with Crippen LogP contribution in [0.25, 0.3) is 21.3 Å². The Bertz CT molecular complexity index is 1490. The van der Waals surface area contributed by atoms with Crippen molar-refractivity contribution in [1.29, 1.82) is 0 Å². The van der Waals surface area contributed by atoms with E-state index >= 15 is 0 Å². The minimum Gasteiger partial charge on any atom is -0.365 e. The molecule has 4 aromatic rings. The Morgan fingerprint density at radius 2 is 2.09 bits per heavy atom. The van der Waals surface area contributed by atoms with Crippen molar-refractivity contribution in [3.8, 4) is 11.1 Å². The summed E-state index contributed by atoms with van der Waals surface area (Å²) in [5.74, 6) is -2.65. The fourth-order valence-corrected chi connectivity index (χ4v) is 4.62. The Hall–Kier alpha value is -3.98. The second-order valence-electron chi connectivity index (χ2n) is 6.99. The number of aryl methyl sites for hydroxylation is 2. The van der Waals surface area contributed by atoms with Crippen LogP contribution >= 0.6 is 22.9 Å². The first kappa shape index (κ1) is 23.2. The minimum atomic E-state index is -2.92. The summed E-state index contributed by atoms with van der Waals surface area (Å²) in [7, 11) is 1.64. The number of thiophene rings is 1. The molecule has 0 unspecified atom stereocenters. The van der Waals surface area contributed by atoms with Crippen LogP contribution < -0.4 is 11.1 Å². The van der Waals surface area contributed by atoms with Crippen LogP contribution in [0.15, 0.2) is 12.3 Å². The molecule has 0 aliphatic rings. The zero-order valence-electron chi connectivity index (χ0n) is 17.2. The number of alkyl halides is 2. The molecule has 4 rings (SSSR count). The highest BCUT2D eigenvalue weighted by molar-refractivity contribution is 7.21. The number of rotatable bonds is 6. The molecule has 0 aliphatic heterocycles. The van der Waals surface area contributed by atoms with Gasteiger partial charge in [-0.15, -0.1) is 16.4 Å². The number of primary amides is 1. The predicted octanol–water partition coefficient (Wildman–Crippen LogP) is 3.58. The number of nitro groups is 1. The average Bonchev–Trinajstić information content (AvgIpc) is 3.42. The molecule has 16 heteroatoms. The Morgan fingerprint density at radius 3 is 2.62 bits per heavy atom. The van der Waals surface area contributed by atoms with Crippen LogP contribution in [-0.4, -0.2) is 41.7 Å². The number of hydrogen-bond acceptors (Lipinski definition) is 8. The van der Waals surface area contributed by atoms with Gasteiger partial charge in [-0.25, -0.2) is 13.8 Å². The van der Waals surface area contributed by atoms with Crippen molar-refractivity contribution in [2.75, 3.05) is 5.32 Å². The zero-order chi connectivity index (χ0) is 24.9. The van der Waals surface area contributed by atoms with E-state index in [9.17, 15) is 28.5 Å². The zero-order valence-corrected chi connectivity index (χ0v) is 18.8. The van der Waals surface area contributed by atoms with Gasteiger partial charge in [-0.2, -0.15) is 5.10 Å². The van der Waals surface area contributed by atoms with Gasteiger partial charge in [-0.05, 0) is 23.5 Å². The topological polar surface area (TPSA) is 175 Å². The van der Waals surface area contributed by atoms with Gasteiger partial charge in [0, 0.05) is 24.2 Å². The molecule has 0 spiro atoms. The summed E-state index contributed by atoms with van der Waals surface area (Å²) in [4.78, 5) is 38.9. The van der Waals surface area contributed by atoms with Crippen molar-refractivity contribution in [3.63, 3.8) is 0 Å². The van der Waals surface area contributed by atoms with E-state index in [0.717, 1.165) is 6.07 Å². The van der Waals surface area contributed by atoms with Crippen LogP contribution in [0.1, 0.15) is 38.0 Å². The predicted molar refractivity (Wildman–Crippen MR) is 118 cm³/mol. The summed E-state index contributed by atoms with van der Waals surface area (Å²) in [6, 6.07) is 1.14. The van der Waals surface area contributed by atoms with Crippen molar-refractivity contribution in [1.82, 2.24) is 25.0 Å². The van der Waals surface area contributed by atoms with Crippen molar-refractivity contribution in [2.45, 2.75) is 13.3 Å². The number of hydrogen-bond donors (Lipinski definition) is 3. The fourth-order valence-electron chi connectivity index (χ4n) is 3.36. The number of H-pyrrole nitrogens is 1. The van der Waals surface area contributed by atoms with Crippen LogP contribution in [0.4, 0.5) is 20.3 Å². The molecule has 2 amide bonds. The monoisotopic (exact) mass is 510 g/mol. The van der Waals surface area contributed by atoms with Crippen molar-refractivity contribution >= 4 is 56.5 Å². The van der Waals surface area contributed by atoms with Crippen molar-refractivity contribution < 1.29 is 23.3 Å². The Balaban J connectivity index is 1.96. The molecule has 4 heterocycles. The normalized spacial score (nSPS) is 11.4. The molecule has 0 fully saturated rings. The Kier molecular flexibility index (Phi) is 5.74. The Labute approximate surface area is 196 Å². The first-order valence-corrected chi connectivity index (χ1v) is 10.4. The molecule has 0 aliphatic carbocycles. The molecule has 4 aromatic heterocycles. The van der Waals surface area contributed by atoms with Gasteiger partial charge in [-0.1, -0.05) is 16.7 Å². The van der Waals surface area contributed by atoms with Crippen molar-refractivity contribution in [3.05, 3.63) is 49.4 Å². The SMILES string of the molecule is Cc1nn(C)cc1-c1cc(C(F)F)nc2sc(C(N)=O)c(NC(=O)c3n[nH]c([N+](=O)[O-])c3Cl)c12. The van der Waals surface area contributed by atoms with E-state index in [1.54, 1.807) is 20.2 Å². The lowest BCUT2D eigenvalue weighted by Crippen LogP contribution is -2.17. The third kappa shape index (κ3) is 3.84. The van der Waals surface area contributed by atoms with Crippen LogP contribution in [0, 0.1) is 17.0 Å². The van der Waals surface area contributed by atoms with Crippen LogP contribution in [0.2, 0.25) is 5.02 Å². The van der Waals surface area contributed by atoms with E-state index in [4.69, 9.17) is 17.3 Å². The van der Waals surface area contributed by atoms with E-state index in [0.29, 0.717) is 22.6 Å². The van der Waals surface area contributed by atoms with Gasteiger partial charge in [0.2, 0.25) is 0 Å². The van der Waals surface area contributed by atoms with Crippen molar-refractivity contribution in [2.24, 2.45) is 12.8 Å². The molecule has 4 N–H and O–H groups in total. The highest BCUT2D eigenvalue weighted by atomic mass is 35.5. The number of pyridine rings is 1. The molecule has 0 bridgehead atoms. The number of aromatic nitrogens is 5. The number of aromatic amines is 1. The van der Waals surface area contributed by atoms with Gasteiger partial charge in [0.15, 0.2) is 10.7 Å². The third-order valence-corrected chi connectivity index (χ3v) is 6.21. The molecular formula is C18H13ClF2N8O4S. The lowest BCUT2D eigenvalue weighted by molar-refractivity contribution is -0.389. The summed E-state index contributed by atoms with van der Waals surface area (Å²) < 4.78 is 28.6. The number of carbonyl (C=O) groups excluding carboxylic acids is 2. The van der Waals surface area contributed by atoms with Crippen LogP contribution in [0.5, 0.6) is 0 Å². The van der Waals surface area contributed by atoms with E-state index in [1.807, 2.05) is 5.10 Å². The second kappa shape index (κ2) is 8.42. The Morgan fingerprint density at radius 1 is 1.38 bits per heavy atom. The largest absolute Gasteiger partial charge is 0.365 e. The van der Waals surface area contributed by atoms with Gasteiger partial charge in [0.1, 0.15) is 15.4 Å². The molecule has 0 aromatic carbocycles. The van der Waals surface area contributed by atoms with E-state index in [2.05, 4.69) is 20.5 Å². The highest BCUT2D eigenvalue weighted by Gasteiger charge is 2.29. The number of halogens is 3. The lowest BCUT2D eigenvalue weighted by atomic mass is 10.0. The lowest BCUT2D eigenvalue weighted by Gasteiger charge is -2.10. The molecule has 0 saturated carbocycles. The van der Waals surface area contributed by atoms with Gasteiger partial charge >= 0.3 is 5.82 Å². The minimum absolute atomic E-state index is 0.0132. The molecule has 34 heavy (non-hydrogen) atoms. The third-order valence-electron chi connectivity index (χ3n) is 4.76. The maximum atomic E-state index is 13.6. The maximum absolute atomic E-state index is 13.6. The molecular weight excluding hydrogens is 498 g/mol. The van der Waals surface area contributed by atoms with E-state index in [1.165, 1.54) is 4.68 Å². The average molecular weight is 511 g/mol. The summed E-state index contributed by atoms with van der Waals surface area (Å²) in [6.07, 6.45) is -1.33. The van der Waals surface area contributed by atoms with Gasteiger partial charge in [-0.3, -0.25) is 14.3 Å². The summed E-state index contributed by atoms with van der Waals surface area (Å²) in [5, 5.41) is 22.9. The molecule has 12 nitrogen and oxygen atoms in total.